The number of likely N-dealkylation sites (tertiary alicyclic amines) is 1. The van der Waals surface area contributed by atoms with E-state index in [0.29, 0.717) is 41.5 Å². The first kappa shape index (κ1) is 23.2. The van der Waals surface area contributed by atoms with Gasteiger partial charge in [0.05, 0.1) is 24.2 Å². The average Bonchev–Trinajstić information content (AvgIpc) is 3.29. The molecule has 1 aliphatic carbocycles. The lowest BCUT2D eigenvalue weighted by Crippen LogP contribution is -2.46. The van der Waals surface area contributed by atoms with Gasteiger partial charge < -0.3 is 15.0 Å². The summed E-state index contributed by atoms with van der Waals surface area (Å²) in [5.74, 6) is 0.636. The van der Waals surface area contributed by atoms with Gasteiger partial charge in [0.15, 0.2) is 10.7 Å². The van der Waals surface area contributed by atoms with Gasteiger partial charge in [-0.1, -0.05) is 48.1 Å². The number of aromatic nitrogens is 3. The van der Waals surface area contributed by atoms with Crippen molar-refractivity contribution in [2.45, 2.75) is 32.7 Å². The standard InChI is InChI=1S/C26H27N5O3S2/c1-4-17-13-35-25-28-11-20(31(17)25)23(32)27-10-19-18-9-16(18)12-30(19)24(33)21-22(36-26(29-21)34-3)15-7-5-6-14(2)8-15/h5-8,11,13,16,18-19H,4,9-10,12H2,1-3H3,(H,27,32)/t16-,18-,19+/m0/s1. The number of carbonyl (C=O) groups excluding carboxylic acids is 2. The molecule has 1 saturated carbocycles. The Labute approximate surface area is 216 Å². The van der Waals surface area contributed by atoms with Crippen LogP contribution in [0, 0.1) is 18.8 Å². The van der Waals surface area contributed by atoms with Gasteiger partial charge in [0, 0.05) is 24.2 Å². The lowest BCUT2D eigenvalue weighted by molar-refractivity contribution is 0.0689. The van der Waals surface area contributed by atoms with Crippen molar-refractivity contribution in [1.82, 2.24) is 24.6 Å². The molecule has 36 heavy (non-hydrogen) atoms. The first-order valence-electron chi connectivity index (χ1n) is 12.1. The summed E-state index contributed by atoms with van der Waals surface area (Å²) in [5.41, 5.74) is 4.10. The molecule has 1 aliphatic heterocycles. The number of thiazole rings is 2. The molecule has 186 valence electrons. The molecule has 4 heterocycles. The molecule has 3 aromatic heterocycles. The Balaban J connectivity index is 1.24. The Morgan fingerprint density at radius 2 is 2.17 bits per heavy atom. The third kappa shape index (κ3) is 3.88. The van der Waals surface area contributed by atoms with Crippen molar-refractivity contribution in [3.63, 3.8) is 0 Å². The summed E-state index contributed by atoms with van der Waals surface area (Å²) in [6.45, 7) is 5.20. The van der Waals surface area contributed by atoms with Crippen LogP contribution < -0.4 is 10.1 Å². The van der Waals surface area contributed by atoms with E-state index in [0.717, 1.165) is 39.5 Å². The van der Waals surface area contributed by atoms with Crippen molar-refractivity contribution < 1.29 is 14.3 Å². The first-order chi connectivity index (χ1) is 17.5. The van der Waals surface area contributed by atoms with Crippen LogP contribution in [0.2, 0.25) is 0 Å². The number of hydrogen-bond donors (Lipinski definition) is 1. The number of amides is 2. The number of hydrogen-bond acceptors (Lipinski definition) is 7. The van der Waals surface area contributed by atoms with E-state index in [1.54, 1.807) is 13.3 Å². The van der Waals surface area contributed by atoms with Crippen LogP contribution in [0.4, 0.5) is 0 Å². The fraction of sp³-hybridized carbons (Fsp3) is 0.385. The molecule has 10 heteroatoms. The first-order valence-corrected chi connectivity index (χ1v) is 13.8. The van der Waals surface area contributed by atoms with E-state index in [1.807, 2.05) is 39.8 Å². The van der Waals surface area contributed by atoms with Crippen molar-refractivity contribution in [1.29, 1.82) is 0 Å². The van der Waals surface area contributed by atoms with Gasteiger partial charge >= 0.3 is 0 Å². The maximum atomic E-state index is 13.8. The summed E-state index contributed by atoms with van der Waals surface area (Å²) in [4.78, 5) is 39.4. The second-order valence-corrected chi connectivity index (χ2v) is 11.3. The number of imidazole rings is 1. The highest BCUT2D eigenvalue weighted by Crippen LogP contribution is 2.50. The summed E-state index contributed by atoms with van der Waals surface area (Å²) in [6, 6.07) is 8.02. The number of fused-ring (bicyclic) bond motifs is 2. The Hall–Kier alpha value is -3.24. The number of nitrogens with zero attached hydrogens (tertiary/aromatic N) is 4. The summed E-state index contributed by atoms with van der Waals surface area (Å²) in [7, 11) is 1.57. The van der Waals surface area contributed by atoms with Gasteiger partial charge in [0.1, 0.15) is 5.69 Å². The molecule has 0 spiro atoms. The van der Waals surface area contributed by atoms with E-state index in [-0.39, 0.29) is 17.9 Å². The van der Waals surface area contributed by atoms with Gasteiger partial charge in [-0.05, 0) is 37.2 Å². The zero-order valence-corrected chi connectivity index (χ0v) is 22.0. The van der Waals surface area contributed by atoms with Crippen LogP contribution >= 0.6 is 22.7 Å². The zero-order chi connectivity index (χ0) is 25.0. The van der Waals surface area contributed by atoms with Crippen molar-refractivity contribution in [2.75, 3.05) is 20.2 Å². The number of rotatable bonds is 7. The topological polar surface area (TPSA) is 88.8 Å². The van der Waals surface area contributed by atoms with Gasteiger partial charge in [-0.3, -0.25) is 14.0 Å². The highest BCUT2D eigenvalue weighted by Gasteiger charge is 2.54. The molecule has 1 N–H and O–H groups in total. The number of ether oxygens (including phenoxy) is 1. The minimum Gasteiger partial charge on any atom is -0.473 e. The maximum Gasteiger partial charge on any atom is 0.274 e. The van der Waals surface area contributed by atoms with E-state index in [9.17, 15) is 9.59 Å². The summed E-state index contributed by atoms with van der Waals surface area (Å²) < 4.78 is 7.32. The molecule has 0 bridgehead atoms. The van der Waals surface area contributed by atoms with Gasteiger partial charge in [-0.15, -0.1) is 11.3 Å². The molecule has 0 unspecified atom stereocenters. The van der Waals surface area contributed by atoms with Gasteiger partial charge in [0.2, 0.25) is 0 Å². The Bertz CT molecular complexity index is 1470. The second kappa shape index (κ2) is 9.01. The van der Waals surface area contributed by atoms with E-state index in [4.69, 9.17) is 4.74 Å². The lowest BCUT2D eigenvalue weighted by atomic mass is 10.1. The second-order valence-electron chi connectivity index (χ2n) is 9.47. The van der Waals surface area contributed by atoms with Crippen LogP contribution in [0.15, 0.2) is 35.8 Å². The fourth-order valence-electron chi connectivity index (χ4n) is 5.28. The van der Waals surface area contributed by atoms with Crippen LogP contribution in [-0.2, 0) is 6.42 Å². The Kier molecular flexibility index (Phi) is 5.80. The zero-order valence-electron chi connectivity index (χ0n) is 20.4. The molecule has 2 aliphatic rings. The Morgan fingerprint density at radius 1 is 1.31 bits per heavy atom. The van der Waals surface area contributed by atoms with Crippen LogP contribution in [-0.4, -0.2) is 57.3 Å². The lowest BCUT2D eigenvalue weighted by Gasteiger charge is -2.27. The molecule has 6 rings (SSSR count). The highest BCUT2D eigenvalue weighted by molar-refractivity contribution is 7.17. The normalized spacial score (nSPS) is 20.5. The SMILES string of the molecule is CCc1csc2ncc(C(=O)NC[C@@H]3[C@H]4C[C@H]4CN3C(=O)c3nc(OC)sc3-c3cccc(C)c3)n12. The number of benzene rings is 1. The van der Waals surface area contributed by atoms with Gasteiger partial charge in [-0.25, -0.2) is 4.98 Å². The summed E-state index contributed by atoms with van der Waals surface area (Å²) in [5, 5.41) is 5.60. The monoisotopic (exact) mass is 521 g/mol. The fourth-order valence-corrected chi connectivity index (χ4v) is 7.09. The van der Waals surface area contributed by atoms with Crippen LogP contribution in [0.3, 0.4) is 0 Å². The average molecular weight is 522 g/mol. The van der Waals surface area contributed by atoms with Crippen LogP contribution in [0.5, 0.6) is 5.19 Å². The third-order valence-corrected chi connectivity index (χ3v) is 9.17. The number of nitrogens with one attached hydrogen (secondary N) is 1. The van der Waals surface area contributed by atoms with E-state index in [1.165, 1.54) is 22.7 Å². The van der Waals surface area contributed by atoms with Crippen LogP contribution in [0.25, 0.3) is 15.4 Å². The Morgan fingerprint density at radius 3 is 2.94 bits per heavy atom. The number of carbonyl (C=O) groups is 2. The highest BCUT2D eigenvalue weighted by atomic mass is 32.1. The molecular formula is C26H27N5O3S2. The number of piperidine rings is 1. The third-order valence-electron chi connectivity index (χ3n) is 7.21. The van der Waals surface area contributed by atoms with Crippen molar-refractivity contribution in [3.8, 4) is 15.6 Å². The predicted octanol–water partition coefficient (Wildman–Crippen LogP) is 4.29. The van der Waals surface area contributed by atoms with E-state index < -0.39 is 0 Å². The molecule has 2 amide bonds. The predicted molar refractivity (Wildman–Crippen MR) is 140 cm³/mol. The number of aryl methyl sites for hydroxylation is 2. The number of methoxy groups -OCH3 is 1. The van der Waals surface area contributed by atoms with Gasteiger partial charge in [0.25, 0.3) is 17.0 Å². The summed E-state index contributed by atoms with van der Waals surface area (Å²) in [6.07, 6.45) is 3.55. The molecule has 2 fully saturated rings. The van der Waals surface area contributed by atoms with Crippen LogP contribution in [0.1, 0.15) is 45.6 Å². The summed E-state index contributed by atoms with van der Waals surface area (Å²) >= 11 is 2.92. The molecule has 4 aromatic rings. The smallest absolute Gasteiger partial charge is 0.274 e. The molecule has 1 saturated heterocycles. The maximum absolute atomic E-state index is 13.8. The van der Waals surface area contributed by atoms with E-state index in [2.05, 4.69) is 28.3 Å². The quantitative estimate of drug-likeness (QED) is 0.392. The minimum absolute atomic E-state index is 0.0546. The van der Waals surface area contributed by atoms with Crippen molar-refractivity contribution >= 4 is 39.4 Å². The molecule has 8 nitrogen and oxygen atoms in total. The van der Waals surface area contributed by atoms with Crippen molar-refractivity contribution in [2.24, 2.45) is 11.8 Å². The van der Waals surface area contributed by atoms with Gasteiger partial charge in [-0.2, -0.15) is 4.98 Å². The molecule has 0 radical (unpaired) electrons. The molecule has 1 aromatic carbocycles. The molecular weight excluding hydrogens is 494 g/mol. The molecule has 3 atom stereocenters. The van der Waals surface area contributed by atoms with Crippen molar-refractivity contribution in [3.05, 3.63) is 58.5 Å². The minimum atomic E-state index is -0.164. The largest absolute Gasteiger partial charge is 0.473 e. The van der Waals surface area contributed by atoms with E-state index >= 15 is 0 Å².